The molecule has 0 fully saturated rings. The van der Waals surface area contributed by atoms with Crippen LogP contribution < -0.4 is 5.73 Å². The highest BCUT2D eigenvalue weighted by Gasteiger charge is 1.94. The van der Waals surface area contributed by atoms with E-state index in [0.29, 0.717) is 0 Å². The summed E-state index contributed by atoms with van der Waals surface area (Å²) in [5.41, 5.74) is 3.80. The Morgan fingerprint density at radius 1 is 1.27 bits per heavy atom. The Morgan fingerprint density at radius 3 is 2.82 bits per heavy atom. The van der Waals surface area contributed by atoms with E-state index >= 15 is 0 Å². The number of rotatable bonds is 5. The van der Waals surface area contributed by atoms with Crippen molar-refractivity contribution in [2.45, 2.75) is 25.7 Å². The van der Waals surface area contributed by atoms with Crippen LogP contribution in [-0.4, -0.2) is 6.54 Å². The van der Waals surface area contributed by atoms with Crippen LogP contribution in [0.4, 0.5) is 0 Å². The van der Waals surface area contributed by atoms with Gasteiger partial charge in [-0.25, -0.2) is 0 Å². The summed E-state index contributed by atoms with van der Waals surface area (Å²) in [6.45, 7) is 1.05. The fraction of sp³-hybridized carbons (Fsp3) is 0.556. The quantitative estimate of drug-likeness (QED) is 0.637. The molecule has 0 unspecified atom stereocenters. The third-order valence-electron chi connectivity index (χ3n) is 1.75. The predicted molar refractivity (Wildman–Crippen MR) is 44.0 cm³/mol. The molecule has 1 heterocycles. The Bertz CT molecular complexity index is 170. The van der Waals surface area contributed by atoms with Crippen molar-refractivity contribution in [3.63, 3.8) is 0 Å². The number of aryl methyl sites for hydroxylation is 1. The molecule has 0 aliphatic heterocycles. The molecule has 0 amide bonds. The van der Waals surface area contributed by atoms with Crippen LogP contribution in [0.15, 0.2) is 22.8 Å². The summed E-state index contributed by atoms with van der Waals surface area (Å²) >= 11 is 0. The van der Waals surface area contributed by atoms with Crippen molar-refractivity contribution in [1.29, 1.82) is 0 Å². The molecular formula is C9H16NO+. The van der Waals surface area contributed by atoms with E-state index in [-0.39, 0.29) is 0 Å². The molecule has 2 nitrogen and oxygen atoms in total. The largest absolute Gasteiger partial charge is 0.469 e. The topological polar surface area (TPSA) is 40.8 Å². The van der Waals surface area contributed by atoms with Crippen LogP contribution in [0.2, 0.25) is 0 Å². The number of hydrogen-bond donors (Lipinski definition) is 1. The molecule has 0 aromatic carbocycles. The van der Waals surface area contributed by atoms with Gasteiger partial charge in [0.2, 0.25) is 0 Å². The molecule has 0 bridgehead atoms. The Kier molecular flexibility index (Phi) is 3.76. The molecule has 0 atom stereocenters. The minimum absolute atomic E-state index is 1.05. The first kappa shape index (κ1) is 8.34. The number of quaternary nitrogens is 1. The minimum Gasteiger partial charge on any atom is -0.469 e. The molecule has 0 saturated carbocycles. The highest BCUT2D eigenvalue weighted by atomic mass is 16.3. The smallest absolute Gasteiger partial charge is 0.103 e. The van der Waals surface area contributed by atoms with E-state index in [1.165, 1.54) is 19.3 Å². The third kappa shape index (κ3) is 3.23. The van der Waals surface area contributed by atoms with Gasteiger partial charge in [0.1, 0.15) is 5.76 Å². The second kappa shape index (κ2) is 4.97. The Hall–Kier alpha value is -0.760. The summed E-state index contributed by atoms with van der Waals surface area (Å²) in [7, 11) is 0. The summed E-state index contributed by atoms with van der Waals surface area (Å²) in [6.07, 6.45) is 6.54. The number of hydrogen-bond acceptors (Lipinski definition) is 1. The Balaban J connectivity index is 2.04. The van der Waals surface area contributed by atoms with Crippen LogP contribution in [0.1, 0.15) is 25.0 Å². The maximum atomic E-state index is 5.20. The molecule has 1 aromatic heterocycles. The second-order valence-corrected chi connectivity index (χ2v) is 2.74. The predicted octanol–water partition coefficient (Wildman–Crippen LogP) is 1.23. The van der Waals surface area contributed by atoms with Crippen molar-refractivity contribution in [1.82, 2.24) is 0 Å². The van der Waals surface area contributed by atoms with Gasteiger partial charge in [0.15, 0.2) is 0 Å². The molecule has 0 aliphatic rings. The number of unbranched alkanes of at least 4 members (excludes halogenated alkanes) is 2. The summed E-state index contributed by atoms with van der Waals surface area (Å²) in [4.78, 5) is 0. The van der Waals surface area contributed by atoms with Crippen LogP contribution in [0.3, 0.4) is 0 Å². The molecule has 0 aliphatic carbocycles. The lowest BCUT2D eigenvalue weighted by Crippen LogP contribution is -2.50. The van der Waals surface area contributed by atoms with Crippen molar-refractivity contribution in [2.24, 2.45) is 0 Å². The van der Waals surface area contributed by atoms with Gasteiger partial charge < -0.3 is 10.2 Å². The molecule has 11 heavy (non-hydrogen) atoms. The van der Waals surface area contributed by atoms with E-state index in [0.717, 1.165) is 18.7 Å². The van der Waals surface area contributed by atoms with Gasteiger partial charge in [0.05, 0.1) is 12.8 Å². The van der Waals surface area contributed by atoms with E-state index in [1.54, 1.807) is 6.26 Å². The van der Waals surface area contributed by atoms with Crippen molar-refractivity contribution < 1.29 is 10.2 Å². The lowest BCUT2D eigenvalue weighted by Gasteiger charge is -1.94. The van der Waals surface area contributed by atoms with Gasteiger partial charge >= 0.3 is 0 Å². The SMILES string of the molecule is [NH3+]CCCCCc1ccco1. The van der Waals surface area contributed by atoms with Gasteiger partial charge in [-0.05, 0) is 31.4 Å². The molecule has 62 valence electrons. The molecule has 1 aromatic rings. The van der Waals surface area contributed by atoms with Crippen LogP contribution in [0.25, 0.3) is 0 Å². The fourth-order valence-electron chi connectivity index (χ4n) is 1.11. The maximum Gasteiger partial charge on any atom is 0.103 e. The van der Waals surface area contributed by atoms with Gasteiger partial charge in [-0.3, -0.25) is 0 Å². The highest BCUT2D eigenvalue weighted by molar-refractivity contribution is 4.97. The third-order valence-corrected chi connectivity index (χ3v) is 1.75. The van der Waals surface area contributed by atoms with Crippen LogP contribution >= 0.6 is 0 Å². The zero-order valence-electron chi connectivity index (χ0n) is 6.88. The second-order valence-electron chi connectivity index (χ2n) is 2.74. The molecule has 1 rings (SSSR count). The zero-order chi connectivity index (χ0) is 7.94. The first-order valence-electron chi connectivity index (χ1n) is 4.25. The van der Waals surface area contributed by atoms with Crippen molar-refractivity contribution in [2.75, 3.05) is 6.54 Å². The average Bonchev–Trinajstić information content (AvgIpc) is 2.50. The van der Waals surface area contributed by atoms with Gasteiger partial charge in [-0.2, -0.15) is 0 Å². The lowest BCUT2D eigenvalue weighted by atomic mass is 10.1. The highest BCUT2D eigenvalue weighted by Crippen LogP contribution is 2.05. The van der Waals surface area contributed by atoms with Gasteiger partial charge in [-0.1, -0.05) is 0 Å². The molecule has 2 heteroatoms. The Labute approximate surface area is 67.4 Å². The monoisotopic (exact) mass is 154 g/mol. The van der Waals surface area contributed by atoms with E-state index < -0.39 is 0 Å². The van der Waals surface area contributed by atoms with Crippen LogP contribution in [0.5, 0.6) is 0 Å². The maximum absolute atomic E-state index is 5.20. The van der Waals surface area contributed by atoms with Gasteiger partial charge in [0, 0.05) is 6.42 Å². The van der Waals surface area contributed by atoms with Crippen LogP contribution in [0, 0.1) is 0 Å². The normalized spacial score (nSPS) is 10.3. The van der Waals surface area contributed by atoms with Gasteiger partial charge in [0.25, 0.3) is 0 Å². The Morgan fingerprint density at radius 2 is 2.18 bits per heavy atom. The van der Waals surface area contributed by atoms with E-state index in [2.05, 4.69) is 5.73 Å². The zero-order valence-corrected chi connectivity index (χ0v) is 6.88. The molecule has 0 radical (unpaired) electrons. The average molecular weight is 154 g/mol. The first-order chi connectivity index (χ1) is 5.43. The summed E-state index contributed by atoms with van der Waals surface area (Å²) < 4.78 is 5.20. The number of furan rings is 1. The van der Waals surface area contributed by atoms with E-state index in [4.69, 9.17) is 4.42 Å². The summed E-state index contributed by atoms with van der Waals surface area (Å²) in [5, 5.41) is 0. The molecule has 0 saturated heterocycles. The van der Waals surface area contributed by atoms with Crippen LogP contribution in [-0.2, 0) is 6.42 Å². The van der Waals surface area contributed by atoms with Crippen molar-refractivity contribution in [3.05, 3.63) is 24.2 Å². The summed E-state index contributed by atoms with van der Waals surface area (Å²) in [6, 6.07) is 3.97. The molecular weight excluding hydrogens is 138 g/mol. The lowest BCUT2D eigenvalue weighted by molar-refractivity contribution is -0.368. The summed E-state index contributed by atoms with van der Waals surface area (Å²) in [5.74, 6) is 1.11. The standard InChI is InChI=1S/C9H15NO/c10-7-3-1-2-5-9-6-4-8-11-9/h4,6,8H,1-3,5,7,10H2/p+1. The molecule has 3 N–H and O–H groups in total. The van der Waals surface area contributed by atoms with Crippen molar-refractivity contribution in [3.8, 4) is 0 Å². The first-order valence-corrected chi connectivity index (χ1v) is 4.25. The fourth-order valence-corrected chi connectivity index (χ4v) is 1.11. The molecule has 0 spiro atoms. The van der Waals surface area contributed by atoms with Crippen molar-refractivity contribution >= 4 is 0 Å². The van der Waals surface area contributed by atoms with E-state index in [9.17, 15) is 0 Å². The minimum atomic E-state index is 1.05. The van der Waals surface area contributed by atoms with E-state index in [1.807, 2.05) is 12.1 Å². The van der Waals surface area contributed by atoms with Gasteiger partial charge in [-0.15, -0.1) is 0 Å².